The Bertz CT molecular complexity index is 702. The molecule has 0 heterocycles. The van der Waals surface area contributed by atoms with E-state index in [1.165, 1.54) is 20.4 Å². The maximum Gasteiger partial charge on any atom is 1.00 e. The number of hydrogen-bond acceptors (Lipinski definition) is 5. The molecule has 0 bridgehead atoms. The van der Waals surface area contributed by atoms with Gasteiger partial charge < -0.3 is 14.8 Å². The Kier molecular flexibility index (Phi) is 9.62. The van der Waals surface area contributed by atoms with Gasteiger partial charge in [0.05, 0.1) is 19.8 Å². The number of Topliss-reactive ketones (excluding diaryl/α,β-unsaturated/α-hetero) is 1. The summed E-state index contributed by atoms with van der Waals surface area (Å²) in [5, 5.41) is 4.29. The predicted octanol–water partition coefficient (Wildman–Crippen LogP) is 3.20. The molecule has 1 aromatic rings. The molecular weight excluding hydrogens is 386 g/mol. The molecule has 0 aliphatic heterocycles. The standard InChI is InChI=1S/C19H23NO5.Cu/c1-19(2,3)20-12-15(17(22)13-9-7-6-8-10-13)14(18(23)25-5)11-16(21)24-4;/h6-12H,1-5H3,(H,20,21,22);/q;+1/p-1. The normalized spacial score (nSPS) is 11.9. The molecule has 0 unspecified atom stereocenters. The summed E-state index contributed by atoms with van der Waals surface area (Å²) < 4.78 is 9.27. The molecule has 0 fully saturated rings. The first-order valence-electron chi connectivity index (χ1n) is 7.60. The molecule has 0 saturated heterocycles. The summed E-state index contributed by atoms with van der Waals surface area (Å²) in [6.45, 7) is 5.53. The number of nitrogens with zero attached hydrogens (tertiary/aromatic N) is 1. The van der Waals surface area contributed by atoms with Gasteiger partial charge in [-0.1, -0.05) is 51.1 Å². The van der Waals surface area contributed by atoms with Crippen LogP contribution in [0.15, 0.2) is 53.8 Å². The molecule has 1 aromatic carbocycles. The van der Waals surface area contributed by atoms with Crippen molar-refractivity contribution in [3.05, 3.63) is 64.6 Å². The molecular formula is C19H22CuNO5. The van der Waals surface area contributed by atoms with Gasteiger partial charge in [-0.05, 0) is 0 Å². The number of ketones is 1. The summed E-state index contributed by atoms with van der Waals surface area (Å²) in [5.41, 5.74) is -0.374. The third-order valence-corrected chi connectivity index (χ3v) is 3.02. The van der Waals surface area contributed by atoms with Crippen LogP contribution in [0.5, 0.6) is 0 Å². The SMILES string of the molecule is COC(=O)/C=C(/C(=O)OC)C(=C[N-]C(C)(C)C)C(=O)c1ccccc1.[Cu+]. The van der Waals surface area contributed by atoms with Crippen molar-refractivity contribution >= 4 is 17.7 Å². The van der Waals surface area contributed by atoms with Crippen molar-refractivity contribution in [1.29, 1.82) is 0 Å². The van der Waals surface area contributed by atoms with Crippen LogP contribution < -0.4 is 0 Å². The zero-order valence-corrected chi connectivity index (χ0v) is 16.3. The van der Waals surface area contributed by atoms with E-state index < -0.39 is 23.3 Å². The van der Waals surface area contributed by atoms with Crippen LogP contribution in [-0.4, -0.2) is 37.5 Å². The molecule has 6 nitrogen and oxygen atoms in total. The number of benzene rings is 1. The van der Waals surface area contributed by atoms with Crippen molar-refractivity contribution in [2.24, 2.45) is 0 Å². The second-order valence-corrected chi connectivity index (χ2v) is 6.11. The summed E-state index contributed by atoms with van der Waals surface area (Å²) >= 11 is 0. The molecule has 0 aliphatic rings. The molecule has 26 heavy (non-hydrogen) atoms. The van der Waals surface area contributed by atoms with Crippen molar-refractivity contribution in [2.45, 2.75) is 26.3 Å². The first kappa shape index (κ1) is 23.6. The van der Waals surface area contributed by atoms with Crippen LogP contribution in [0.4, 0.5) is 0 Å². The van der Waals surface area contributed by atoms with Crippen LogP contribution in [0.25, 0.3) is 5.32 Å². The molecule has 144 valence electrons. The second kappa shape index (κ2) is 10.6. The van der Waals surface area contributed by atoms with Gasteiger partial charge in [0.25, 0.3) is 0 Å². The summed E-state index contributed by atoms with van der Waals surface area (Å²) in [6, 6.07) is 8.40. The Hall–Kier alpha value is -2.37. The van der Waals surface area contributed by atoms with E-state index in [0.717, 1.165) is 6.08 Å². The molecule has 0 spiro atoms. The Labute approximate surface area is 164 Å². The first-order valence-corrected chi connectivity index (χ1v) is 7.60. The minimum Gasteiger partial charge on any atom is -0.685 e. The van der Waals surface area contributed by atoms with Crippen LogP contribution in [0.2, 0.25) is 0 Å². The molecule has 0 atom stereocenters. The largest absolute Gasteiger partial charge is 1.00 e. The van der Waals surface area contributed by atoms with E-state index >= 15 is 0 Å². The fourth-order valence-electron chi connectivity index (χ4n) is 1.79. The first-order chi connectivity index (χ1) is 11.7. The third-order valence-electron chi connectivity index (χ3n) is 3.02. The Morgan fingerprint density at radius 2 is 1.54 bits per heavy atom. The quantitative estimate of drug-likeness (QED) is 0.238. The molecule has 0 aliphatic carbocycles. The van der Waals surface area contributed by atoms with Gasteiger partial charge in [0.1, 0.15) is 0 Å². The van der Waals surface area contributed by atoms with Gasteiger partial charge in [0.15, 0.2) is 5.78 Å². The van der Waals surface area contributed by atoms with Gasteiger partial charge in [-0.15, -0.1) is 5.54 Å². The van der Waals surface area contributed by atoms with Gasteiger partial charge in [-0.2, -0.15) is 6.20 Å². The van der Waals surface area contributed by atoms with Gasteiger partial charge in [0.2, 0.25) is 0 Å². The fraction of sp³-hybridized carbons (Fsp3) is 0.316. The minimum absolute atomic E-state index is 0. The average molecular weight is 408 g/mol. The van der Waals surface area contributed by atoms with Gasteiger partial charge in [-0.3, -0.25) is 4.79 Å². The summed E-state index contributed by atoms with van der Waals surface area (Å²) in [5.74, 6) is -2.05. The van der Waals surface area contributed by atoms with E-state index in [9.17, 15) is 14.4 Å². The van der Waals surface area contributed by atoms with E-state index in [1.807, 2.05) is 20.8 Å². The summed E-state index contributed by atoms with van der Waals surface area (Å²) in [7, 11) is 2.34. The van der Waals surface area contributed by atoms with Crippen molar-refractivity contribution in [3.63, 3.8) is 0 Å². The van der Waals surface area contributed by atoms with Crippen molar-refractivity contribution < 1.29 is 40.9 Å². The van der Waals surface area contributed by atoms with Crippen molar-refractivity contribution in [2.75, 3.05) is 14.2 Å². The molecule has 7 heteroatoms. The zero-order valence-electron chi connectivity index (χ0n) is 15.3. The Balaban J connectivity index is 0.00000625. The predicted molar refractivity (Wildman–Crippen MR) is 94.1 cm³/mol. The Morgan fingerprint density at radius 3 is 2.00 bits per heavy atom. The second-order valence-electron chi connectivity index (χ2n) is 6.11. The number of esters is 2. The number of rotatable bonds is 6. The van der Waals surface area contributed by atoms with E-state index in [-0.39, 0.29) is 28.2 Å². The molecule has 0 N–H and O–H groups in total. The van der Waals surface area contributed by atoms with Crippen LogP contribution in [0, 0.1) is 0 Å². The van der Waals surface area contributed by atoms with E-state index in [0.29, 0.717) is 5.56 Å². The van der Waals surface area contributed by atoms with Crippen molar-refractivity contribution in [1.82, 2.24) is 0 Å². The van der Waals surface area contributed by atoms with E-state index in [1.54, 1.807) is 30.3 Å². The smallest absolute Gasteiger partial charge is 0.685 e. The van der Waals surface area contributed by atoms with Gasteiger partial charge in [0, 0.05) is 17.2 Å². The third kappa shape index (κ3) is 7.25. The van der Waals surface area contributed by atoms with E-state index in [4.69, 9.17) is 4.74 Å². The Morgan fingerprint density at radius 1 is 0.962 bits per heavy atom. The minimum atomic E-state index is -0.829. The maximum atomic E-state index is 12.9. The van der Waals surface area contributed by atoms with Crippen LogP contribution in [-0.2, 0) is 36.1 Å². The number of ether oxygens (including phenoxy) is 2. The number of hydrogen-bond donors (Lipinski definition) is 0. The summed E-state index contributed by atoms with van der Waals surface area (Å²) in [4.78, 5) is 36.6. The number of carbonyl (C=O) groups is 3. The molecule has 1 rings (SSSR count). The van der Waals surface area contributed by atoms with Gasteiger partial charge in [-0.25, -0.2) is 9.59 Å². The fourth-order valence-corrected chi connectivity index (χ4v) is 1.79. The van der Waals surface area contributed by atoms with Crippen LogP contribution in [0.3, 0.4) is 0 Å². The molecule has 0 aromatic heterocycles. The van der Waals surface area contributed by atoms with E-state index in [2.05, 4.69) is 10.1 Å². The zero-order chi connectivity index (χ0) is 19.0. The van der Waals surface area contributed by atoms with Gasteiger partial charge >= 0.3 is 29.0 Å². The monoisotopic (exact) mass is 407 g/mol. The molecule has 0 amide bonds. The topological polar surface area (TPSA) is 83.8 Å². The average Bonchev–Trinajstić information content (AvgIpc) is 2.59. The van der Waals surface area contributed by atoms with Crippen molar-refractivity contribution in [3.8, 4) is 0 Å². The maximum absolute atomic E-state index is 12.9. The summed E-state index contributed by atoms with van der Waals surface area (Å²) in [6.07, 6.45) is 2.22. The molecule has 0 saturated carbocycles. The van der Waals surface area contributed by atoms with Crippen LogP contribution in [0.1, 0.15) is 31.1 Å². The van der Waals surface area contributed by atoms with Crippen LogP contribution >= 0.6 is 0 Å². The number of methoxy groups -OCH3 is 2. The number of carbonyl (C=O) groups excluding carboxylic acids is 3. The molecule has 0 radical (unpaired) electrons.